The molecule has 0 heterocycles. The van der Waals surface area contributed by atoms with Crippen molar-refractivity contribution in [2.75, 3.05) is 5.75 Å². The largest absolute Gasteiger partial charge is 0.457 e. The predicted octanol–water partition coefficient (Wildman–Crippen LogP) is 4.36. The highest BCUT2D eigenvalue weighted by Crippen LogP contribution is 2.32. The lowest BCUT2D eigenvalue weighted by Gasteiger charge is -2.13. The van der Waals surface area contributed by atoms with Gasteiger partial charge in [-0.3, -0.25) is 0 Å². The average Bonchev–Trinajstić information content (AvgIpc) is 2.42. The van der Waals surface area contributed by atoms with Crippen LogP contribution in [0.3, 0.4) is 0 Å². The second-order valence-corrected chi connectivity index (χ2v) is 5.59. The number of benzene rings is 2. The Morgan fingerprint density at radius 1 is 1.11 bits per heavy atom. The summed E-state index contributed by atoms with van der Waals surface area (Å²) >= 11 is 1.79. The van der Waals surface area contributed by atoms with Crippen LogP contribution in [-0.2, 0) is 6.54 Å². The molecule has 2 aromatic carbocycles. The quantitative estimate of drug-likeness (QED) is 0.822. The van der Waals surface area contributed by atoms with Gasteiger partial charge in [-0.2, -0.15) is 0 Å². The van der Waals surface area contributed by atoms with Gasteiger partial charge in [-0.1, -0.05) is 30.7 Å². The van der Waals surface area contributed by atoms with Gasteiger partial charge in [-0.05, 0) is 36.9 Å². The van der Waals surface area contributed by atoms with E-state index in [4.69, 9.17) is 10.5 Å². The molecule has 0 amide bonds. The first-order valence-electron chi connectivity index (χ1n) is 6.44. The zero-order valence-electron chi connectivity index (χ0n) is 11.3. The normalized spacial score (nSPS) is 10.5. The van der Waals surface area contributed by atoms with Crippen molar-refractivity contribution in [2.45, 2.75) is 25.3 Å². The topological polar surface area (TPSA) is 35.2 Å². The molecule has 3 heteroatoms. The van der Waals surface area contributed by atoms with E-state index in [2.05, 4.69) is 19.9 Å². The SMILES string of the molecule is CCSc1cccc(Oc2ccc(C)cc2)c1CN. The highest BCUT2D eigenvalue weighted by Gasteiger charge is 2.09. The van der Waals surface area contributed by atoms with Crippen LogP contribution in [0.15, 0.2) is 47.4 Å². The van der Waals surface area contributed by atoms with Gasteiger partial charge in [-0.25, -0.2) is 0 Å². The highest BCUT2D eigenvalue weighted by atomic mass is 32.2. The maximum atomic E-state index is 5.95. The van der Waals surface area contributed by atoms with Crippen LogP contribution in [-0.4, -0.2) is 5.75 Å². The summed E-state index contributed by atoms with van der Waals surface area (Å²) in [5, 5.41) is 0. The molecule has 0 radical (unpaired) electrons. The van der Waals surface area contributed by atoms with Crippen molar-refractivity contribution in [1.29, 1.82) is 0 Å². The van der Waals surface area contributed by atoms with Crippen LogP contribution in [0.4, 0.5) is 0 Å². The summed E-state index contributed by atoms with van der Waals surface area (Å²) in [6.07, 6.45) is 0. The van der Waals surface area contributed by atoms with Gasteiger partial charge < -0.3 is 10.5 Å². The first-order valence-corrected chi connectivity index (χ1v) is 7.42. The maximum Gasteiger partial charge on any atom is 0.133 e. The molecular weight excluding hydrogens is 254 g/mol. The lowest BCUT2D eigenvalue weighted by Crippen LogP contribution is -2.01. The van der Waals surface area contributed by atoms with E-state index < -0.39 is 0 Å². The van der Waals surface area contributed by atoms with Gasteiger partial charge in [0.05, 0.1) is 0 Å². The maximum absolute atomic E-state index is 5.95. The molecule has 0 aliphatic carbocycles. The number of rotatable bonds is 5. The van der Waals surface area contributed by atoms with E-state index >= 15 is 0 Å². The fourth-order valence-electron chi connectivity index (χ4n) is 1.87. The molecular formula is C16H19NOS. The van der Waals surface area contributed by atoms with Crippen LogP contribution < -0.4 is 10.5 Å². The molecule has 0 aliphatic rings. The van der Waals surface area contributed by atoms with Crippen molar-refractivity contribution in [1.82, 2.24) is 0 Å². The van der Waals surface area contributed by atoms with Crippen LogP contribution in [0.1, 0.15) is 18.1 Å². The Labute approximate surface area is 119 Å². The summed E-state index contributed by atoms with van der Waals surface area (Å²) in [4.78, 5) is 1.20. The average molecular weight is 273 g/mol. The third-order valence-electron chi connectivity index (χ3n) is 2.84. The summed E-state index contributed by atoms with van der Waals surface area (Å²) in [5.74, 6) is 2.73. The summed E-state index contributed by atoms with van der Waals surface area (Å²) in [6, 6.07) is 14.1. The monoisotopic (exact) mass is 273 g/mol. The van der Waals surface area contributed by atoms with Crippen LogP contribution in [0, 0.1) is 6.92 Å². The predicted molar refractivity (Wildman–Crippen MR) is 82.0 cm³/mol. The Morgan fingerprint density at radius 3 is 2.47 bits per heavy atom. The van der Waals surface area contributed by atoms with Crippen LogP contribution in [0.5, 0.6) is 11.5 Å². The smallest absolute Gasteiger partial charge is 0.133 e. The van der Waals surface area contributed by atoms with Gasteiger partial charge in [0.2, 0.25) is 0 Å². The number of nitrogens with two attached hydrogens (primary N) is 1. The van der Waals surface area contributed by atoms with E-state index in [0.717, 1.165) is 22.8 Å². The summed E-state index contributed by atoms with van der Waals surface area (Å²) in [7, 11) is 0. The van der Waals surface area contributed by atoms with Gasteiger partial charge >= 0.3 is 0 Å². The molecule has 2 N–H and O–H groups in total. The number of ether oxygens (including phenoxy) is 1. The minimum absolute atomic E-state index is 0.490. The first kappa shape index (κ1) is 14.0. The molecule has 0 bridgehead atoms. The zero-order chi connectivity index (χ0) is 13.7. The van der Waals surface area contributed by atoms with Crippen molar-refractivity contribution in [2.24, 2.45) is 5.73 Å². The second kappa shape index (κ2) is 6.64. The molecule has 0 saturated heterocycles. The number of thioether (sulfide) groups is 1. The van der Waals surface area contributed by atoms with Gasteiger partial charge in [0.15, 0.2) is 0 Å². The van der Waals surface area contributed by atoms with Gasteiger partial charge in [0, 0.05) is 17.0 Å². The van der Waals surface area contributed by atoms with E-state index in [0.29, 0.717) is 6.54 Å². The molecule has 0 unspecified atom stereocenters. The molecule has 2 rings (SSSR count). The van der Waals surface area contributed by atoms with Crippen molar-refractivity contribution in [3.8, 4) is 11.5 Å². The Kier molecular flexibility index (Phi) is 4.88. The van der Waals surface area contributed by atoms with Crippen molar-refractivity contribution < 1.29 is 4.74 Å². The molecule has 0 atom stereocenters. The summed E-state index contributed by atoms with van der Waals surface area (Å²) in [6.45, 7) is 4.69. The van der Waals surface area contributed by atoms with Crippen LogP contribution in [0.2, 0.25) is 0 Å². The molecule has 0 saturated carbocycles. The number of aryl methyl sites for hydroxylation is 1. The van der Waals surface area contributed by atoms with Crippen LogP contribution in [0.25, 0.3) is 0 Å². The molecule has 19 heavy (non-hydrogen) atoms. The van der Waals surface area contributed by atoms with Gasteiger partial charge in [0.25, 0.3) is 0 Å². The molecule has 100 valence electrons. The van der Waals surface area contributed by atoms with Crippen molar-refractivity contribution in [3.05, 3.63) is 53.6 Å². The van der Waals surface area contributed by atoms with E-state index in [9.17, 15) is 0 Å². The molecule has 2 nitrogen and oxygen atoms in total. The van der Waals surface area contributed by atoms with E-state index in [-0.39, 0.29) is 0 Å². The summed E-state index contributed by atoms with van der Waals surface area (Å²) < 4.78 is 5.95. The number of hydrogen-bond acceptors (Lipinski definition) is 3. The third-order valence-corrected chi connectivity index (χ3v) is 3.82. The fourth-order valence-corrected chi connectivity index (χ4v) is 2.71. The third kappa shape index (κ3) is 3.52. The van der Waals surface area contributed by atoms with Crippen LogP contribution >= 0.6 is 11.8 Å². The van der Waals surface area contributed by atoms with E-state index in [1.807, 2.05) is 36.4 Å². The Balaban J connectivity index is 2.28. The Hall–Kier alpha value is -1.45. The minimum Gasteiger partial charge on any atom is -0.457 e. The van der Waals surface area contributed by atoms with Gasteiger partial charge in [0.1, 0.15) is 11.5 Å². The molecule has 2 aromatic rings. The van der Waals surface area contributed by atoms with E-state index in [1.54, 1.807) is 11.8 Å². The summed E-state index contributed by atoms with van der Waals surface area (Å²) in [5.41, 5.74) is 8.17. The lowest BCUT2D eigenvalue weighted by atomic mass is 10.2. The molecule has 0 aliphatic heterocycles. The standard InChI is InChI=1S/C16H19NOS/c1-3-19-16-6-4-5-15(14(16)11-17)18-13-9-7-12(2)8-10-13/h4-10H,3,11,17H2,1-2H3. The Bertz CT molecular complexity index is 537. The Morgan fingerprint density at radius 2 is 1.84 bits per heavy atom. The van der Waals surface area contributed by atoms with Crippen molar-refractivity contribution >= 4 is 11.8 Å². The molecule has 0 spiro atoms. The lowest BCUT2D eigenvalue weighted by molar-refractivity contribution is 0.474. The first-order chi connectivity index (χ1) is 9.24. The molecule has 0 fully saturated rings. The van der Waals surface area contributed by atoms with Crippen molar-refractivity contribution in [3.63, 3.8) is 0 Å². The highest BCUT2D eigenvalue weighted by molar-refractivity contribution is 7.99. The second-order valence-electron chi connectivity index (χ2n) is 4.29. The fraction of sp³-hybridized carbons (Fsp3) is 0.250. The zero-order valence-corrected chi connectivity index (χ0v) is 12.2. The number of hydrogen-bond donors (Lipinski definition) is 1. The minimum atomic E-state index is 0.490. The van der Waals surface area contributed by atoms with E-state index in [1.165, 1.54) is 10.5 Å². The van der Waals surface area contributed by atoms with Gasteiger partial charge in [-0.15, -0.1) is 11.8 Å². The molecule has 0 aromatic heterocycles.